The molecule has 0 N–H and O–H groups in total. The summed E-state index contributed by atoms with van der Waals surface area (Å²) in [5, 5.41) is 0. The third-order valence-corrected chi connectivity index (χ3v) is 5.93. The molecule has 1 aliphatic rings. The third-order valence-electron chi connectivity index (χ3n) is 4.63. The number of oxazole rings is 1. The summed E-state index contributed by atoms with van der Waals surface area (Å²) >= 11 is 0. The molecule has 0 spiro atoms. The van der Waals surface area contributed by atoms with E-state index in [-0.39, 0.29) is 17.5 Å². The fourth-order valence-corrected chi connectivity index (χ4v) is 4.13. The third kappa shape index (κ3) is 3.32. The molecule has 0 bridgehead atoms. The molecule has 1 atom stereocenters. The number of hydrogen-bond donors (Lipinski definition) is 0. The average Bonchev–Trinajstić information content (AvgIpc) is 3.26. The highest BCUT2D eigenvalue weighted by atomic mass is 32.2. The number of nitrogens with zero attached hydrogens (tertiary/aromatic N) is 2. The molecular formula is C19H20N2O4S. The molecule has 1 unspecified atom stereocenters. The molecule has 4 rings (SSSR count). The summed E-state index contributed by atoms with van der Waals surface area (Å²) in [7, 11) is -3.77. The van der Waals surface area contributed by atoms with Crippen molar-refractivity contribution in [2.75, 3.05) is 18.1 Å². The fraction of sp³-hybridized carbons (Fsp3) is 0.316. The van der Waals surface area contributed by atoms with Gasteiger partial charge in [0.05, 0.1) is 17.5 Å². The lowest BCUT2D eigenvalue weighted by molar-refractivity contribution is 0.288. The van der Waals surface area contributed by atoms with Crippen LogP contribution in [0.15, 0.2) is 57.8 Å². The lowest BCUT2D eigenvalue weighted by Gasteiger charge is -2.22. The fourth-order valence-electron chi connectivity index (χ4n) is 3.18. The quantitative estimate of drug-likeness (QED) is 0.638. The number of anilines is 1. The van der Waals surface area contributed by atoms with Gasteiger partial charge < -0.3 is 9.32 Å². The summed E-state index contributed by atoms with van der Waals surface area (Å²) in [5.41, 5.74) is 2.52. The number of hydrogen-bond acceptors (Lipinski definition) is 6. The van der Waals surface area contributed by atoms with Crippen LogP contribution in [-0.2, 0) is 14.3 Å². The van der Waals surface area contributed by atoms with Crippen LogP contribution in [-0.4, -0.2) is 32.6 Å². The first-order chi connectivity index (χ1) is 12.5. The van der Waals surface area contributed by atoms with E-state index in [1.807, 2.05) is 36.1 Å². The molecule has 1 aromatic heterocycles. The molecule has 7 heteroatoms. The van der Waals surface area contributed by atoms with Crippen LogP contribution in [0.1, 0.15) is 18.4 Å². The maximum absolute atomic E-state index is 12.4. The van der Waals surface area contributed by atoms with Crippen molar-refractivity contribution in [3.63, 3.8) is 0 Å². The van der Waals surface area contributed by atoms with E-state index in [0.29, 0.717) is 6.01 Å². The summed E-state index contributed by atoms with van der Waals surface area (Å²) in [4.78, 5) is 6.68. The van der Waals surface area contributed by atoms with Gasteiger partial charge in [-0.2, -0.15) is 13.4 Å². The van der Waals surface area contributed by atoms with E-state index in [0.717, 1.165) is 36.0 Å². The van der Waals surface area contributed by atoms with Gasteiger partial charge in [-0.25, -0.2) is 0 Å². The predicted molar refractivity (Wildman–Crippen MR) is 98.7 cm³/mol. The molecule has 2 heterocycles. The molecule has 6 nitrogen and oxygen atoms in total. The summed E-state index contributed by atoms with van der Waals surface area (Å²) in [6.45, 7) is 2.76. The molecule has 1 aliphatic heterocycles. The van der Waals surface area contributed by atoms with Gasteiger partial charge >= 0.3 is 0 Å². The Morgan fingerprint density at radius 2 is 1.96 bits per heavy atom. The maximum Gasteiger partial charge on any atom is 0.298 e. The van der Waals surface area contributed by atoms with Gasteiger partial charge in [0, 0.05) is 6.54 Å². The van der Waals surface area contributed by atoms with Crippen molar-refractivity contribution in [3.05, 3.63) is 54.1 Å². The number of aryl methyl sites for hydroxylation is 1. The highest BCUT2D eigenvalue weighted by Crippen LogP contribution is 2.29. The summed E-state index contributed by atoms with van der Waals surface area (Å²) in [5.74, 6) is 0. The normalized spacial score (nSPS) is 17.9. The van der Waals surface area contributed by atoms with Crippen LogP contribution in [0, 0.1) is 6.92 Å². The smallest absolute Gasteiger partial charge is 0.298 e. The maximum atomic E-state index is 12.4. The van der Waals surface area contributed by atoms with E-state index in [1.54, 1.807) is 24.3 Å². The van der Waals surface area contributed by atoms with Gasteiger partial charge in [-0.3, -0.25) is 4.18 Å². The zero-order valence-corrected chi connectivity index (χ0v) is 15.3. The minimum atomic E-state index is -3.77. The van der Waals surface area contributed by atoms with E-state index < -0.39 is 10.1 Å². The van der Waals surface area contributed by atoms with E-state index in [1.165, 1.54) is 0 Å². The Labute approximate surface area is 152 Å². The van der Waals surface area contributed by atoms with Gasteiger partial charge in [-0.05, 0) is 44.0 Å². The average molecular weight is 372 g/mol. The monoisotopic (exact) mass is 372 g/mol. The first kappa shape index (κ1) is 17.1. The van der Waals surface area contributed by atoms with Gasteiger partial charge in [0.2, 0.25) is 0 Å². The molecule has 1 fully saturated rings. The van der Waals surface area contributed by atoms with Crippen molar-refractivity contribution >= 4 is 27.2 Å². The summed E-state index contributed by atoms with van der Waals surface area (Å²) < 4.78 is 36.0. The number of para-hydroxylation sites is 2. The second kappa shape index (κ2) is 6.74. The SMILES string of the molecule is Cc1ccc(S(=O)(=O)OCC2CCCN2c2nc3ccccc3o2)cc1. The Balaban J connectivity index is 1.49. The van der Waals surface area contributed by atoms with Gasteiger partial charge in [0.25, 0.3) is 16.1 Å². The highest BCUT2D eigenvalue weighted by molar-refractivity contribution is 7.86. The summed E-state index contributed by atoms with van der Waals surface area (Å²) in [6, 6.07) is 14.7. The van der Waals surface area contributed by atoms with E-state index >= 15 is 0 Å². The number of aromatic nitrogens is 1. The van der Waals surface area contributed by atoms with Gasteiger partial charge in [-0.1, -0.05) is 29.8 Å². The first-order valence-corrected chi connectivity index (χ1v) is 10.0. The van der Waals surface area contributed by atoms with Crippen molar-refractivity contribution in [2.45, 2.75) is 30.7 Å². The van der Waals surface area contributed by atoms with Crippen LogP contribution in [0.2, 0.25) is 0 Å². The Bertz CT molecular complexity index is 978. The number of fused-ring (bicyclic) bond motifs is 1. The van der Waals surface area contributed by atoms with Crippen LogP contribution >= 0.6 is 0 Å². The Kier molecular flexibility index (Phi) is 4.42. The van der Waals surface area contributed by atoms with Gasteiger partial charge in [0.1, 0.15) is 5.52 Å². The minimum absolute atomic E-state index is 0.0783. The van der Waals surface area contributed by atoms with Crippen molar-refractivity contribution in [1.29, 1.82) is 0 Å². The lowest BCUT2D eigenvalue weighted by Crippen LogP contribution is -2.34. The first-order valence-electron chi connectivity index (χ1n) is 8.61. The zero-order valence-electron chi connectivity index (χ0n) is 14.5. The Hall–Kier alpha value is -2.38. The van der Waals surface area contributed by atoms with E-state index in [2.05, 4.69) is 4.98 Å². The van der Waals surface area contributed by atoms with Crippen LogP contribution < -0.4 is 4.90 Å². The molecule has 0 saturated carbocycles. The number of benzene rings is 2. The van der Waals surface area contributed by atoms with Crippen LogP contribution in [0.3, 0.4) is 0 Å². The molecule has 0 amide bonds. The predicted octanol–water partition coefficient (Wildman–Crippen LogP) is 3.51. The van der Waals surface area contributed by atoms with Crippen LogP contribution in [0.5, 0.6) is 0 Å². The Morgan fingerprint density at radius 3 is 2.73 bits per heavy atom. The second-order valence-electron chi connectivity index (χ2n) is 6.51. The Morgan fingerprint density at radius 1 is 1.19 bits per heavy atom. The van der Waals surface area contributed by atoms with E-state index in [9.17, 15) is 8.42 Å². The highest BCUT2D eigenvalue weighted by Gasteiger charge is 2.30. The zero-order chi connectivity index (χ0) is 18.1. The number of rotatable bonds is 5. The minimum Gasteiger partial charge on any atom is -0.423 e. The second-order valence-corrected chi connectivity index (χ2v) is 8.12. The lowest BCUT2D eigenvalue weighted by atomic mass is 10.2. The van der Waals surface area contributed by atoms with Crippen LogP contribution in [0.25, 0.3) is 11.1 Å². The molecule has 0 radical (unpaired) electrons. The van der Waals surface area contributed by atoms with Gasteiger partial charge in [-0.15, -0.1) is 0 Å². The molecule has 26 heavy (non-hydrogen) atoms. The molecule has 2 aromatic carbocycles. The molecule has 1 saturated heterocycles. The van der Waals surface area contributed by atoms with Crippen molar-refractivity contribution in [1.82, 2.24) is 4.98 Å². The van der Waals surface area contributed by atoms with Gasteiger partial charge in [0.15, 0.2) is 5.58 Å². The molecule has 0 aliphatic carbocycles. The molecule has 136 valence electrons. The van der Waals surface area contributed by atoms with E-state index in [4.69, 9.17) is 8.60 Å². The molecule has 3 aromatic rings. The standard InChI is InChI=1S/C19H20N2O4S/c1-14-8-10-16(11-9-14)26(22,23)24-13-15-5-4-12-21(15)19-20-17-6-2-3-7-18(17)25-19/h2-3,6-11,15H,4-5,12-13H2,1H3. The summed E-state index contributed by atoms with van der Waals surface area (Å²) in [6.07, 6.45) is 1.78. The van der Waals surface area contributed by atoms with Crippen molar-refractivity contribution in [3.8, 4) is 0 Å². The largest absolute Gasteiger partial charge is 0.423 e. The van der Waals surface area contributed by atoms with Crippen LogP contribution in [0.4, 0.5) is 6.01 Å². The molecular weight excluding hydrogens is 352 g/mol. The van der Waals surface area contributed by atoms with Crippen molar-refractivity contribution in [2.24, 2.45) is 0 Å². The topological polar surface area (TPSA) is 72.6 Å². The van der Waals surface area contributed by atoms with Crippen molar-refractivity contribution < 1.29 is 17.0 Å².